The summed E-state index contributed by atoms with van der Waals surface area (Å²) >= 11 is 0. The molecule has 6 heteroatoms. The van der Waals surface area contributed by atoms with E-state index in [0.29, 0.717) is 11.5 Å². The second kappa shape index (κ2) is 10.1. The quantitative estimate of drug-likeness (QED) is 0.535. The molecule has 0 amide bonds. The van der Waals surface area contributed by atoms with Crippen LogP contribution < -0.4 is 14.8 Å². The van der Waals surface area contributed by atoms with Crippen LogP contribution in [0.25, 0.3) is 11.3 Å². The minimum Gasteiger partial charge on any atom is -0.493 e. The summed E-state index contributed by atoms with van der Waals surface area (Å²) in [6.45, 7) is 3.40. The first-order valence-electron chi connectivity index (χ1n) is 9.79. The monoisotopic (exact) mass is 394 g/mol. The van der Waals surface area contributed by atoms with Crippen molar-refractivity contribution < 1.29 is 9.47 Å². The third kappa shape index (κ3) is 5.59. The number of ether oxygens (including phenoxy) is 2. The fraction of sp³-hybridized carbons (Fsp3) is 0.348. The molecule has 1 N–H and O–H groups in total. The summed E-state index contributed by atoms with van der Waals surface area (Å²) in [5.74, 6) is 1.42. The number of hydrogen-bond donors (Lipinski definition) is 1. The maximum Gasteiger partial charge on any atom is 0.161 e. The van der Waals surface area contributed by atoms with Gasteiger partial charge in [0.15, 0.2) is 11.5 Å². The molecule has 0 unspecified atom stereocenters. The highest BCUT2D eigenvalue weighted by Gasteiger charge is 2.14. The zero-order chi connectivity index (χ0) is 20.6. The summed E-state index contributed by atoms with van der Waals surface area (Å²) in [6.07, 6.45) is 2.13. The molecule has 0 aliphatic carbocycles. The summed E-state index contributed by atoms with van der Waals surface area (Å²) < 4.78 is 12.9. The molecule has 29 heavy (non-hydrogen) atoms. The Morgan fingerprint density at radius 1 is 1.00 bits per heavy atom. The van der Waals surface area contributed by atoms with Crippen LogP contribution in [-0.4, -0.2) is 56.1 Å². The number of rotatable bonds is 10. The third-order valence-electron chi connectivity index (χ3n) is 4.73. The van der Waals surface area contributed by atoms with E-state index in [1.165, 1.54) is 5.56 Å². The number of methoxy groups -OCH3 is 2. The molecule has 3 aromatic rings. The lowest BCUT2D eigenvalue weighted by molar-refractivity contribution is 0.355. The molecule has 0 fully saturated rings. The average Bonchev–Trinajstić information content (AvgIpc) is 3.13. The molecule has 0 aliphatic rings. The second-order valence-corrected chi connectivity index (χ2v) is 7.24. The van der Waals surface area contributed by atoms with Gasteiger partial charge in [-0.05, 0) is 37.9 Å². The first-order chi connectivity index (χ1) is 14.1. The molecule has 154 valence electrons. The molecule has 0 saturated carbocycles. The van der Waals surface area contributed by atoms with Gasteiger partial charge >= 0.3 is 0 Å². The third-order valence-corrected chi connectivity index (χ3v) is 4.73. The van der Waals surface area contributed by atoms with Crippen molar-refractivity contribution in [3.05, 3.63) is 65.9 Å². The largest absolute Gasteiger partial charge is 0.493 e. The fourth-order valence-electron chi connectivity index (χ4n) is 3.20. The van der Waals surface area contributed by atoms with Crippen molar-refractivity contribution in [2.75, 3.05) is 41.4 Å². The number of likely N-dealkylation sites (N-methyl/N-ethyl adjacent to an activating group) is 1. The van der Waals surface area contributed by atoms with Crippen LogP contribution in [0.4, 0.5) is 0 Å². The van der Waals surface area contributed by atoms with Gasteiger partial charge in [0.05, 0.1) is 26.5 Å². The molecule has 2 aromatic carbocycles. The molecule has 0 spiro atoms. The molecule has 3 rings (SSSR count). The number of hydrogen-bond acceptors (Lipinski definition) is 5. The Balaban J connectivity index is 1.88. The summed E-state index contributed by atoms with van der Waals surface area (Å²) in [5.41, 5.74) is 4.35. The summed E-state index contributed by atoms with van der Waals surface area (Å²) in [6, 6.07) is 16.3. The van der Waals surface area contributed by atoms with Crippen LogP contribution in [-0.2, 0) is 13.1 Å². The number of benzene rings is 2. The molecule has 0 aliphatic heterocycles. The van der Waals surface area contributed by atoms with Gasteiger partial charge in [-0.15, -0.1) is 0 Å². The van der Waals surface area contributed by atoms with E-state index in [9.17, 15) is 0 Å². The maximum absolute atomic E-state index is 5.48. The zero-order valence-electron chi connectivity index (χ0n) is 17.7. The van der Waals surface area contributed by atoms with Gasteiger partial charge in [-0.1, -0.05) is 30.3 Å². The van der Waals surface area contributed by atoms with Crippen molar-refractivity contribution in [1.29, 1.82) is 0 Å². The van der Waals surface area contributed by atoms with Gasteiger partial charge in [-0.25, -0.2) is 0 Å². The van der Waals surface area contributed by atoms with E-state index in [2.05, 4.69) is 54.8 Å². The Hall–Kier alpha value is -2.83. The van der Waals surface area contributed by atoms with Crippen LogP contribution in [0.3, 0.4) is 0 Å². The highest BCUT2D eigenvalue weighted by molar-refractivity contribution is 5.66. The molecule has 1 aromatic heterocycles. The van der Waals surface area contributed by atoms with Crippen LogP contribution >= 0.6 is 0 Å². The first kappa shape index (κ1) is 20.9. The highest BCUT2D eigenvalue weighted by atomic mass is 16.5. The molecule has 0 atom stereocenters. The number of aromatic nitrogens is 2. The van der Waals surface area contributed by atoms with Gasteiger partial charge in [0.2, 0.25) is 0 Å². The lowest BCUT2D eigenvalue weighted by Gasteiger charge is -2.11. The smallest absolute Gasteiger partial charge is 0.161 e. The fourth-order valence-corrected chi connectivity index (χ4v) is 3.20. The standard InChI is InChI=1S/C23H30N4O2/c1-26(2)13-12-24-15-20-17-27(16-18-8-6-5-7-9-18)25-23(20)19-10-11-21(28-3)22(14-19)29-4/h5-11,14,17,24H,12-13,15-16H2,1-4H3. The lowest BCUT2D eigenvalue weighted by Crippen LogP contribution is -2.26. The van der Waals surface area contributed by atoms with Gasteiger partial charge in [0.1, 0.15) is 0 Å². The Kier molecular flexibility index (Phi) is 7.27. The van der Waals surface area contributed by atoms with E-state index < -0.39 is 0 Å². The van der Waals surface area contributed by atoms with E-state index in [4.69, 9.17) is 14.6 Å². The normalized spacial score (nSPS) is 11.1. The van der Waals surface area contributed by atoms with Crippen molar-refractivity contribution >= 4 is 0 Å². The SMILES string of the molecule is COc1ccc(-c2nn(Cc3ccccc3)cc2CNCCN(C)C)cc1OC. The Bertz CT molecular complexity index is 906. The first-order valence-corrected chi connectivity index (χ1v) is 9.79. The van der Waals surface area contributed by atoms with Gasteiger partial charge in [-0.2, -0.15) is 5.10 Å². The maximum atomic E-state index is 5.48. The van der Waals surface area contributed by atoms with E-state index in [1.54, 1.807) is 14.2 Å². The van der Waals surface area contributed by atoms with Crippen LogP contribution in [0, 0.1) is 0 Å². The number of nitrogens with one attached hydrogen (secondary N) is 1. The number of nitrogens with zero attached hydrogens (tertiary/aromatic N) is 3. The Morgan fingerprint density at radius 3 is 2.45 bits per heavy atom. The van der Waals surface area contributed by atoms with Crippen LogP contribution in [0.5, 0.6) is 11.5 Å². The van der Waals surface area contributed by atoms with Gasteiger partial charge in [0, 0.05) is 37.0 Å². The van der Waals surface area contributed by atoms with Gasteiger partial charge < -0.3 is 19.7 Å². The van der Waals surface area contributed by atoms with Crippen molar-refractivity contribution in [3.63, 3.8) is 0 Å². The minimum absolute atomic E-state index is 0.703. The zero-order valence-corrected chi connectivity index (χ0v) is 17.7. The molecular formula is C23H30N4O2. The predicted molar refractivity (Wildman–Crippen MR) is 117 cm³/mol. The second-order valence-electron chi connectivity index (χ2n) is 7.24. The predicted octanol–water partition coefficient (Wildman–Crippen LogP) is 3.27. The average molecular weight is 395 g/mol. The van der Waals surface area contributed by atoms with E-state index in [-0.39, 0.29) is 0 Å². The lowest BCUT2D eigenvalue weighted by atomic mass is 10.1. The molecule has 0 saturated heterocycles. The Morgan fingerprint density at radius 2 is 1.76 bits per heavy atom. The molecule has 0 radical (unpaired) electrons. The summed E-state index contributed by atoms with van der Waals surface area (Å²) in [5, 5.41) is 8.41. The van der Waals surface area contributed by atoms with E-state index in [1.807, 2.05) is 28.9 Å². The molecule has 0 bridgehead atoms. The van der Waals surface area contributed by atoms with E-state index >= 15 is 0 Å². The van der Waals surface area contributed by atoms with Crippen molar-refractivity contribution in [1.82, 2.24) is 20.0 Å². The van der Waals surface area contributed by atoms with E-state index in [0.717, 1.165) is 43.0 Å². The van der Waals surface area contributed by atoms with Crippen molar-refractivity contribution in [3.8, 4) is 22.8 Å². The van der Waals surface area contributed by atoms with Crippen LogP contribution in [0.15, 0.2) is 54.7 Å². The summed E-state index contributed by atoms with van der Waals surface area (Å²) in [4.78, 5) is 2.17. The topological polar surface area (TPSA) is 51.5 Å². The molecular weight excluding hydrogens is 364 g/mol. The molecule has 1 heterocycles. The summed E-state index contributed by atoms with van der Waals surface area (Å²) in [7, 11) is 7.45. The van der Waals surface area contributed by atoms with Crippen molar-refractivity contribution in [2.45, 2.75) is 13.1 Å². The highest BCUT2D eigenvalue weighted by Crippen LogP contribution is 2.33. The Labute approximate surface area is 173 Å². The molecule has 6 nitrogen and oxygen atoms in total. The van der Waals surface area contributed by atoms with Crippen molar-refractivity contribution in [2.24, 2.45) is 0 Å². The van der Waals surface area contributed by atoms with Crippen LogP contribution in [0.2, 0.25) is 0 Å². The van der Waals surface area contributed by atoms with Gasteiger partial charge in [0.25, 0.3) is 0 Å². The van der Waals surface area contributed by atoms with Crippen LogP contribution in [0.1, 0.15) is 11.1 Å². The van der Waals surface area contributed by atoms with Gasteiger partial charge in [-0.3, -0.25) is 4.68 Å². The minimum atomic E-state index is 0.703.